The number of fused-ring (bicyclic) bond motifs is 1. The SMILES string of the molecule is CC1=C(CC(=O)O)c2cc(F)ccc2/C1=C\c1ccc(S(C)=O)cc1.O=C1CC(=O)NC(=O)N1. The summed E-state index contributed by atoms with van der Waals surface area (Å²) in [6, 6.07) is 11.1. The lowest BCUT2D eigenvalue weighted by atomic mass is 10.0. The largest absolute Gasteiger partial charge is 0.481 e. The van der Waals surface area contributed by atoms with Crippen molar-refractivity contribution in [3.8, 4) is 0 Å². The zero-order chi connectivity index (χ0) is 25.0. The molecule has 1 heterocycles. The van der Waals surface area contributed by atoms with Crippen LogP contribution in [0.5, 0.6) is 0 Å². The molecule has 4 amide bonds. The minimum atomic E-state index is -1.04. The topological polar surface area (TPSA) is 130 Å². The summed E-state index contributed by atoms with van der Waals surface area (Å²) in [5.74, 6) is -2.43. The first-order valence-corrected chi connectivity index (χ1v) is 11.6. The van der Waals surface area contributed by atoms with Crippen molar-refractivity contribution in [3.63, 3.8) is 0 Å². The number of benzene rings is 2. The van der Waals surface area contributed by atoms with Gasteiger partial charge < -0.3 is 5.11 Å². The smallest absolute Gasteiger partial charge is 0.328 e. The van der Waals surface area contributed by atoms with Gasteiger partial charge in [-0.25, -0.2) is 9.18 Å². The number of carbonyl (C=O) groups excluding carboxylic acids is 3. The molecule has 0 bridgehead atoms. The van der Waals surface area contributed by atoms with Crippen molar-refractivity contribution >= 4 is 51.8 Å². The molecule has 2 aromatic rings. The molecule has 0 saturated carbocycles. The zero-order valence-corrected chi connectivity index (χ0v) is 19.1. The van der Waals surface area contributed by atoms with Gasteiger partial charge >= 0.3 is 12.0 Å². The van der Waals surface area contributed by atoms with Crippen LogP contribution in [0, 0.1) is 5.82 Å². The first-order chi connectivity index (χ1) is 16.0. The third-order valence-corrected chi connectivity index (χ3v) is 6.07. The second kappa shape index (κ2) is 10.3. The van der Waals surface area contributed by atoms with E-state index in [0.29, 0.717) is 11.1 Å². The van der Waals surface area contributed by atoms with Crippen LogP contribution in [0.3, 0.4) is 0 Å². The number of carbonyl (C=O) groups is 4. The average molecular weight is 485 g/mol. The van der Waals surface area contributed by atoms with Crippen LogP contribution in [0.2, 0.25) is 0 Å². The highest BCUT2D eigenvalue weighted by Crippen LogP contribution is 2.43. The molecule has 1 atom stereocenters. The molecule has 1 fully saturated rings. The van der Waals surface area contributed by atoms with Gasteiger partial charge in [0.15, 0.2) is 0 Å². The summed E-state index contributed by atoms with van der Waals surface area (Å²) in [7, 11) is -1.04. The van der Waals surface area contributed by atoms with Crippen molar-refractivity contribution in [1.82, 2.24) is 10.6 Å². The molecule has 1 unspecified atom stereocenters. The Bertz CT molecular complexity index is 1240. The second-order valence-electron chi connectivity index (χ2n) is 7.55. The van der Waals surface area contributed by atoms with Crippen molar-refractivity contribution in [3.05, 3.63) is 70.5 Å². The molecule has 8 nitrogen and oxygen atoms in total. The molecular weight excluding hydrogens is 463 g/mol. The van der Waals surface area contributed by atoms with Crippen molar-refractivity contribution < 1.29 is 32.9 Å². The summed E-state index contributed by atoms with van der Waals surface area (Å²) in [6.07, 6.45) is 3.17. The minimum Gasteiger partial charge on any atom is -0.481 e. The van der Waals surface area contributed by atoms with E-state index in [1.54, 1.807) is 24.5 Å². The van der Waals surface area contributed by atoms with Crippen LogP contribution in [-0.4, -0.2) is 39.4 Å². The van der Waals surface area contributed by atoms with Crippen molar-refractivity contribution in [2.24, 2.45) is 0 Å². The minimum absolute atomic E-state index is 0.145. The number of carboxylic acid groups (broad SMARTS) is 1. The number of imide groups is 2. The van der Waals surface area contributed by atoms with Crippen LogP contribution in [0.1, 0.15) is 36.5 Å². The van der Waals surface area contributed by atoms with Gasteiger partial charge in [-0.2, -0.15) is 0 Å². The van der Waals surface area contributed by atoms with Crippen LogP contribution >= 0.6 is 0 Å². The third-order valence-electron chi connectivity index (χ3n) is 5.13. The molecule has 3 N–H and O–H groups in total. The number of nitrogens with one attached hydrogen (secondary N) is 2. The van der Waals surface area contributed by atoms with E-state index in [-0.39, 0.29) is 18.7 Å². The van der Waals surface area contributed by atoms with Crippen LogP contribution in [-0.2, 0) is 25.2 Å². The highest BCUT2D eigenvalue weighted by atomic mass is 32.2. The van der Waals surface area contributed by atoms with E-state index in [1.807, 2.05) is 35.8 Å². The maximum absolute atomic E-state index is 13.7. The number of hydrogen-bond donors (Lipinski definition) is 3. The van der Waals surface area contributed by atoms with Gasteiger partial charge in [-0.3, -0.25) is 29.2 Å². The predicted molar refractivity (Wildman–Crippen MR) is 124 cm³/mol. The molecule has 1 saturated heterocycles. The number of barbiturate groups is 1. The first kappa shape index (κ1) is 24.7. The van der Waals surface area contributed by atoms with Crippen molar-refractivity contribution in [1.29, 1.82) is 0 Å². The fourth-order valence-electron chi connectivity index (χ4n) is 3.57. The molecule has 1 aliphatic carbocycles. The normalized spacial score (nSPS) is 16.9. The molecule has 2 aliphatic rings. The zero-order valence-electron chi connectivity index (χ0n) is 18.3. The van der Waals surface area contributed by atoms with Gasteiger partial charge in [-0.1, -0.05) is 18.2 Å². The lowest BCUT2D eigenvalue weighted by Gasteiger charge is -2.09. The number of rotatable bonds is 4. The predicted octanol–water partition coefficient (Wildman–Crippen LogP) is 3.11. The molecule has 0 spiro atoms. The Balaban J connectivity index is 0.000000302. The Hall–Kier alpha value is -3.92. The summed E-state index contributed by atoms with van der Waals surface area (Å²) in [4.78, 5) is 42.7. The van der Waals surface area contributed by atoms with Gasteiger partial charge in [-0.05, 0) is 70.7 Å². The summed E-state index contributed by atoms with van der Waals surface area (Å²) in [5, 5.41) is 13.0. The van der Waals surface area contributed by atoms with Gasteiger partial charge in [0.1, 0.15) is 12.2 Å². The Morgan fingerprint density at radius 3 is 2.21 bits per heavy atom. The number of hydrogen-bond acceptors (Lipinski definition) is 5. The fourth-order valence-corrected chi connectivity index (χ4v) is 4.09. The fraction of sp³-hybridized carbons (Fsp3) is 0.167. The van der Waals surface area contributed by atoms with Gasteiger partial charge in [0.25, 0.3) is 0 Å². The lowest BCUT2D eigenvalue weighted by Crippen LogP contribution is -2.49. The van der Waals surface area contributed by atoms with Crippen molar-refractivity contribution in [2.45, 2.75) is 24.7 Å². The molecule has 10 heteroatoms. The Labute approximate surface area is 197 Å². The van der Waals surface area contributed by atoms with Crippen LogP contribution in [0.25, 0.3) is 17.2 Å². The van der Waals surface area contributed by atoms with Gasteiger partial charge in [-0.15, -0.1) is 0 Å². The molecular formula is C24H21FN2O6S. The maximum atomic E-state index is 13.7. The summed E-state index contributed by atoms with van der Waals surface area (Å²) >= 11 is 0. The highest BCUT2D eigenvalue weighted by Gasteiger charge is 2.25. The number of allylic oxidation sites excluding steroid dienone is 2. The van der Waals surface area contributed by atoms with E-state index in [0.717, 1.165) is 27.2 Å². The van der Waals surface area contributed by atoms with Crippen LogP contribution in [0.4, 0.5) is 9.18 Å². The lowest BCUT2D eigenvalue weighted by molar-refractivity contribution is -0.136. The first-order valence-electron chi connectivity index (χ1n) is 10.1. The van der Waals surface area contributed by atoms with Crippen LogP contribution < -0.4 is 10.6 Å². The van der Waals surface area contributed by atoms with Crippen LogP contribution in [0.15, 0.2) is 52.9 Å². The third kappa shape index (κ3) is 5.90. The van der Waals surface area contributed by atoms with Crippen molar-refractivity contribution in [2.75, 3.05) is 6.26 Å². The molecule has 1 aliphatic heterocycles. The summed E-state index contributed by atoms with van der Waals surface area (Å²) < 4.78 is 25.1. The van der Waals surface area contributed by atoms with E-state index in [4.69, 9.17) is 5.11 Å². The number of aliphatic carboxylic acids is 1. The monoisotopic (exact) mass is 484 g/mol. The Kier molecular flexibility index (Phi) is 7.52. The molecule has 176 valence electrons. The highest BCUT2D eigenvalue weighted by molar-refractivity contribution is 7.84. The maximum Gasteiger partial charge on any atom is 0.328 e. The number of carboxylic acids is 1. The second-order valence-corrected chi connectivity index (χ2v) is 8.93. The average Bonchev–Trinajstić information content (AvgIpc) is 2.98. The number of amides is 4. The Morgan fingerprint density at radius 2 is 1.68 bits per heavy atom. The molecule has 0 aromatic heterocycles. The molecule has 34 heavy (non-hydrogen) atoms. The molecule has 0 radical (unpaired) electrons. The van der Waals surface area contributed by atoms with E-state index in [9.17, 15) is 27.8 Å². The van der Waals surface area contributed by atoms with Gasteiger partial charge in [0.2, 0.25) is 11.8 Å². The molecule has 4 rings (SSSR count). The van der Waals surface area contributed by atoms with Gasteiger partial charge in [0.05, 0.1) is 6.42 Å². The number of urea groups is 1. The van der Waals surface area contributed by atoms with Gasteiger partial charge in [0, 0.05) is 22.0 Å². The number of halogens is 1. The molecule has 2 aromatic carbocycles. The van der Waals surface area contributed by atoms with E-state index in [2.05, 4.69) is 0 Å². The van der Waals surface area contributed by atoms with E-state index < -0.39 is 34.6 Å². The Morgan fingerprint density at radius 1 is 1.06 bits per heavy atom. The van der Waals surface area contributed by atoms with E-state index in [1.165, 1.54) is 12.1 Å². The standard InChI is InChI=1S/C20H17FO3S.C4H4N2O3/c1-12-17(9-13-3-6-15(7-4-13)25(2)24)16-8-5-14(21)10-19(16)18(12)11-20(22)23;7-2-1-3(8)6-4(9)5-2/h3-10H,11H2,1-2H3,(H,22,23);1H2,(H2,5,6,7,8,9)/b17-9-;. The van der Waals surface area contributed by atoms with E-state index >= 15 is 0 Å². The quantitative estimate of drug-likeness (QED) is 0.572. The summed E-state index contributed by atoms with van der Waals surface area (Å²) in [5.41, 5.74) is 4.74. The summed E-state index contributed by atoms with van der Waals surface area (Å²) in [6.45, 7) is 1.86.